The van der Waals surface area contributed by atoms with Crippen molar-refractivity contribution in [2.45, 2.75) is 58.4 Å². The predicted octanol–water partition coefficient (Wildman–Crippen LogP) is 3.25. The van der Waals surface area contributed by atoms with Gasteiger partial charge in [0.25, 0.3) is 0 Å². The van der Waals surface area contributed by atoms with E-state index >= 15 is 0 Å². The molecule has 1 aliphatic carbocycles. The zero-order valence-corrected chi connectivity index (χ0v) is 12.2. The highest BCUT2D eigenvalue weighted by atomic mass is 16.5. The van der Waals surface area contributed by atoms with E-state index in [-0.39, 0.29) is 0 Å². The van der Waals surface area contributed by atoms with Crippen molar-refractivity contribution in [3.8, 4) is 5.75 Å². The number of nitrogens with zero attached hydrogens (tertiary/aromatic N) is 1. The molecule has 0 spiro atoms. The third-order valence-electron chi connectivity index (χ3n) is 3.80. The van der Waals surface area contributed by atoms with Crippen LogP contribution in [0.3, 0.4) is 0 Å². The van der Waals surface area contributed by atoms with E-state index in [1.807, 2.05) is 19.1 Å². The zero-order valence-electron chi connectivity index (χ0n) is 12.2. The Morgan fingerprint density at radius 3 is 2.79 bits per heavy atom. The first kappa shape index (κ1) is 14.3. The van der Waals surface area contributed by atoms with E-state index in [0.29, 0.717) is 6.04 Å². The van der Waals surface area contributed by atoms with E-state index < -0.39 is 0 Å². The Morgan fingerprint density at radius 2 is 2.05 bits per heavy atom. The smallest absolute Gasteiger partial charge is 0.140 e. The number of ether oxygens (including phenoxy) is 1. The molecule has 1 heterocycles. The third kappa shape index (κ3) is 4.50. The molecule has 0 bridgehead atoms. The molecule has 106 valence electrons. The van der Waals surface area contributed by atoms with Gasteiger partial charge in [-0.1, -0.05) is 26.2 Å². The van der Waals surface area contributed by atoms with Crippen LogP contribution in [0.15, 0.2) is 12.1 Å². The monoisotopic (exact) mass is 262 g/mol. The summed E-state index contributed by atoms with van der Waals surface area (Å²) in [5.74, 6) is 0.943. The first-order chi connectivity index (χ1) is 9.29. The van der Waals surface area contributed by atoms with Crippen LogP contribution in [0.25, 0.3) is 0 Å². The molecule has 3 heteroatoms. The van der Waals surface area contributed by atoms with Gasteiger partial charge in [-0.2, -0.15) is 0 Å². The SMILES string of the molecule is CCc1nc(C)ccc1OCCNC1CCCCC1. The Balaban J connectivity index is 1.73. The van der Waals surface area contributed by atoms with Gasteiger partial charge >= 0.3 is 0 Å². The van der Waals surface area contributed by atoms with Crippen molar-refractivity contribution in [2.24, 2.45) is 0 Å². The summed E-state index contributed by atoms with van der Waals surface area (Å²) in [6, 6.07) is 4.77. The number of nitrogens with one attached hydrogen (secondary N) is 1. The van der Waals surface area contributed by atoms with E-state index in [4.69, 9.17) is 4.74 Å². The van der Waals surface area contributed by atoms with E-state index in [1.165, 1.54) is 32.1 Å². The first-order valence-electron chi connectivity index (χ1n) is 7.62. The lowest BCUT2D eigenvalue weighted by Crippen LogP contribution is -2.34. The molecular weight excluding hydrogens is 236 g/mol. The fraction of sp³-hybridized carbons (Fsp3) is 0.688. The average molecular weight is 262 g/mol. The number of pyridine rings is 1. The number of aryl methyl sites for hydroxylation is 2. The number of aromatic nitrogens is 1. The minimum Gasteiger partial charge on any atom is -0.490 e. The van der Waals surface area contributed by atoms with Gasteiger partial charge in [-0.05, 0) is 38.3 Å². The fourth-order valence-corrected chi connectivity index (χ4v) is 2.71. The quantitative estimate of drug-likeness (QED) is 0.799. The van der Waals surface area contributed by atoms with Crippen LogP contribution >= 0.6 is 0 Å². The molecule has 1 aromatic heterocycles. The Hall–Kier alpha value is -1.09. The molecule has 0 saturated heterocycles. The van der Waals surface area contributed by atoms with Crippen LogP contribution in [-0.4, -0.2) is 24.2 Å². The second-order valence-electron chi connectivity index (χ2n) is 5.39. The number of hydrogen-bond acceptors (Lipinski definition) is 3. The highest BCUT2D eigenvalue weighted by Gasteiger charge is 2.12. The lowest BCUT2D eigenvalue weighted by molar-refractivity contribution is 0.286. The molecule has 1 N–H and O–H groups in total. The molecule has 0 aliphatic heterocycles. The minimum atomic E-state index is 0.708. The summed E-state index contributed by atoms with van der Waals surface area (Å²) < 4.78 is 5.85. The molecule has 0 atom stereocenters. The van der Waals surface area contributed by atoms with Gasteiger partial charge in [0, 0.05) is 18.3 Å². The maximum Gasteiger partial charge on any atom is 0.140 e. The van der Waals surface area contributed by atoms with Crippen LogP contribution in [0, 0.1) is 6.92 Å². The van der Waals surface area contributed by atoms with Gasteiger partial charge in [0.1, 0.15) is 12.4 Å². The van der Waals surface area contributed by atoms with E-state index in [0.717, 1.165) is 36.7 Å². The van der Waals surface area contributed by atoms with Gasteiger partial charge in [0.05, 0.1) is 5.69 Å². The van der Waals surface area contributed by atoms with Crippen LogP contribution in [0.1, 0.15) is 50.4 Å². The molecule has 0 aromatic carbocycles. The molecule has 1 aliphatic rings. The fourth-order valence-electron chi connectivity index (χ4n) is 2.71. The molecule has 19 heavy (non-hydrogen) atoms. The molecule has 0 amide bonds. The van der Waals surface area contributed by atoms with Crippen molar-refractivity contribution in [1.29, 1.82) is 0 Å². The van der Waals surface area contributed by atoms with Crippen molar-refractivity contribution in [3.63, 3.8) is 0 Å². The Labute approximate surface area is 116 Å². The second-order valence-corrected chi connectivity index (χ2v) is 5.39. The molecular formula is C16H26N2O. The van der Waals surface area contributed by atoms with Gasteiger partial charge < -0.3 is 10.1 Å². The highest BCUT2D eigenvalue weighted by Crippen LogP contribution is 2.18. The zero-order chi connectivity index (χ0) is 13.5. The second kappa shape index (κ2) is 7.49. The maximum absolute atomic E-state index is 5.85. The van der Waals surface area contributed by atoms with Crippen molar-refractivity contribution >= 4 is 0 Å². The Morgan fingerprint density at radius 1 is 1.26 bits per heavy atom. The summed E-state index contributed by atoms with van der Waals surface area (Å²) in [6.07, 6.45) is 7.73. The average Bonchev–Trinajstić information content (AvgIpc) is 2.46. The van der Waals surface area contributed by atoms with Gasteiger partial charge in [-0.25, -0.2) is 0 Å². The Bertz CT molecular complexity index is 386. The molecule has 1 fully saturated rings. The molecule has 1 aromatic rings. The number of rotatable bonds is 6. The predicted molar refractivity (Wildman–Crippen MR) is 78.7 cm³/mol. The summed E-state index contributed by atoms with van der Waals surface area (Å²) >= 11 is 0. The van der Waals surface area contributed by atoms with Gasteiger partial charge in [0.2, 0.25) is 0 Å². The van der Waals surface area contributed by atoms with Crippen molar-refractivity contribution < 1.29 is 4.74 Å². The first-order valence-corrected chi connectivity index (χ1v) is 7.62. The van der Waals surface area contributed by atoms with Crippen molar-refractivity contribution in [1.82, 2.24) is 10.3 Å². The summed E-state index contributed by atoms with van der Waals surface area (Å²) in [7, 11) is 0. The highest BCUT2D eigenvalue weighted by molar-refractivity contribution is 5.29. The van der Waals surface area contributed by atoms with Crippen LogP contribution < -0.4 is 10.1 Å². The lowest BCUT2D eigenvalue weighted by atomic mass is 9.96. The topological polar surface area (TPSA) is 34.1 Å². The van der Waals surface area contributed by atoms with Crippen LogP contribution in [0.2, 0.25) is 0 Å². The summed E-state index contributed by atoms with van der Waals surface area (Å²) in [5, 5.41) is 3.60. The van der Waals surface area contributed by atoms with Gasteiger partial charge in [0.15, 0.2) is 0 Å². The normalized spacial score (nSPS) is 16.5. The lowest BCUT2D eigenvalue weighted by Gasteiger charge is -2.22. The van der Waals surface area contributed by atoms with Crippen LogP contribution in [0.5, 0.6) is 5.75 Å². The largest absolute Gasteiger partial charge is 0.490 e. The Kier molecular flexibility index (Phi) is 5.64. The molecule has 3 nitrogen and oxygen atoms in total. The molecule has 1 saturated carbocycles. The maximum atomic E-state index is 5.85. The molecule has 0 radical (unpaired) electrons. The third-order valence-corrected chi connectivity index (χ3v) is 3.80. The van der Waals surface area contributed by atoms with Gasteiger partial charge in [-0.15, -0.1) is 0 Å². The number of hydrogen-bond donors (Lipinski definition) is 1. The summed E-state index contributed by atoms with van der Waals surface area (Å²) in [6.45, 7) is 5.80. The van der Waals surface area contributed by atoms with Gasteiger partial charge in [-0.3, -0.25) is 4.98 Å². The van der Waals surface area contributed by atoms with Crippen LogP contribution in [-0.2, 0) is 6.42 Å². The van der Waals surface area contributed by atoms with Crippen molar-refractivity contribution in [2.75, 3.05) is 13.2 Å². The summed E-state index contributed by atoms with van der Waals surface area (Å²) in [5.41, 5.74) is 2.13. The minimum absolute atomic E-state index is 0.708. The van der Waals surface area contributed by atoms with E-state index in [1.54, 1.807) is 0 Å². The van der Waals surface area contributed by atoms with Crippen molar-refractivity contribution in [3.05, 3.63) is 23.5 Å². The van der Waals surface area contributed by atoms with E-state index in [2.05, 4.69) is 17.2 Å². The molecule has 0 unspecified atom stereocenters. The van der Waals surface area contributed by atoms with Crippen LogP contribution in [0.4, 0.5) is 0 Å². The standard InChI is InChI=1S/C16H26N2O/c1-3-15-16(10-9-13(2)18-15)19-12-11-17-14-7-5-4-6-8-14/h9-10,14,17H,3-8,11-12H2,1-2H3. The summed E-state index contributed by atoms with van der Waals surface area (Å²) in [4.78, 5) is 4.51. The van der Waals surface area contributed by atoms with E-state index in [9.17, 15) is 0 Å². The molecule has 2 rings (SSSR count).